The molecule has 4 rings (SSSR count). The Kier molecular flexibility index (Phi) is 5.24. The number of aryl methyl sites for hydroxylation is 2. The van der Waals surface area contributed by atoms with E-state index < -0.39 is 11.7 Å². The van der Waals surface area contributed by atoms with E-state index in [1.54, 1.807) is 36.9 Å². The fourth-order valence-corrected chi connectivity index (χ4v) is 3.95. The van der Waals surface area contributed by atoms with Crippen molar-refractivity contribution in [2.75, 3.05) is 18.8 Å². The molecule has 1 saturated heterocycles. The summed E-state index contributed by atoms with van der Waals surface area (Å²) in [5.41, 5.74) is 6.06. The highest BCUT2D eigenvalue weighted by Gasteiger charge is 2.36. The zero-order valence-corrected chi connectivity index (χ0v) is 17.1. The van der Waals surface area contributed by atoms with Gasteiger partial charge in [0.1, 0.15) is 17.3 Å². The number of rotatable bonds is 2. The van der Waals surface area contributed by atoms with Gasteiger partial charge >= 0.3 is 6.18 Å². The minimum absolute atomic E-state index is 0.0846. The third kappa shape index (κ3) is 4.14. The van der Waals surface area contributed by atoms with Crippen LogP contribution in [0.15, 0.2) is 24.3 Å². The Bertz CT molecular complexity index is 1160. The molecule has 1 fully saturated rings. The molecule has 162 valence electrons. The molecule has 10 heteroatoms. The van der Waals surface area contributed by atoms with Crippen LogP contribution in [0.5, 0.6) is 0 Å². The van der Waals surface area contributed by atoms with Gasteiger partial charge in [-0.15, -0.1) is 0 Å². The van der Waals surface area contributed by atoms with Crippen LogP contribution < -0.4 is 5.73 Å². The number of amides is 1. The van der Waals surface area contributed by atoms with Gasteiger partial charge in [0.2, 0.25) is 0 Å². The molecule has 1 amide bonds. The van der Waals surface area contributed by atoms with Crippen molar-refractivity contribution in [3.05, 3.63) is 52.7 Å². The Morgan fingerprint density at radius 2 is 1.94 bits per heavy atom. The molecular formula is C21H21F3N6O. The number of anilines is 1. The largest absolute Gasteiger partial charge is 0.417 e. The molecule has 0 radical (unpaired) electrons. The van der Waals surface area contributed by atoms with Crippen molar-refractivity contribution in [2.24, 2.45) is 0 Å². The summed E-state index contributed by atoms with van der Waals surface area (Å²) in [7, 11) is 0. The second-order valence-electron chi connectivity index (χ2n) is 7.70. The molecule has 0 saturated carbocycles. The molecule has 0 aromatic carbocycles. The third-order valence-corrected chi connectivity index (χ3v) is 5.37. The Balaban J connectivity index is 1.72. The number of nitrogen functional groups attached to an aromatic ring is 1. The van der Waals surface area contributed by atoms with E-state index in [1.165, 1.54) is 0 Å². The maximum absolute atomic E-state index is 13.8. The van der Waals surface area contributed by atoms with E-state index >= 15 is 0 Å². The number of likely N-dealkylation sites (tertiary alicyclic amines) is 1. The highest BCUT2D eigenvalue weighted by molar-refractivity contribution is 5.92. The van der Waals surface area contributed by atoms with Gasteiger partial charge in [0.25, 0.3) is 5.91 Å². The molecule has 0 unspecified atom stereocenters. The SMILES string of the molecule is Cc1cccc(C(=O)N2CCC[C@H](c3cc(C(F)(F)F)c4c(N)nc(C)nc4n3)C2)n1. The monoisotopic (exact) mass is 430 g/mol. The molecule has 4 heterocycles. The Morgan fingerprint density at radius 3 is 2.65 bits per heavy atom. The number of pyridine rings is 2. The molecule has 1 aliphatic rings. The second kappa shape index (κ2) is 7.75. The standard InChI is InChI=1S/C21H21F3N6O/c1-11-5-3-7-15(26-11)20(31)30-8-4-6-13(10-30)16-9-14(21(22,23)24)17-18(25)27-12(2)28-19(17)29-16/h3,5,7,9,13H,4,6,8,10H2,1-2H3,(H2,25,27,28,29)/t13-/m0/s1. The number of carbonyl (C=O) groups is 1. The lowest BCUT2D eigenvalue weighted by atomic mass is 9.92. The van der Waals surface area contributed by atoms with Gasteiger partial charge in [0.15, 0.2) is 5.65 Å². The smallest absolute Gasteiger partial charge is 0.383 e. The molecular weight excluding hydrogens is 409 g/mol. The number of hydrogen-bond donors (Lipinski definition) is 1. The first-order valence-electron chi connectivity index (χ1n) is 9.88. The van der Waals surface area contributed by atoms with Gasteiger partial charge in [-0.25, -0.2) is 19.9 Å². The normalized spacial score (nSPS) is 17.2. The summed E-state index contributed by atoms with van der Waals surface area (Å²) < 4.78 is 41.4. The molecule has 0 aliphatic carbocycles. The highest BCUT2D eigenvalue weighted by Crippen LogP contribution is 2.38. The summed E-state index contributed by atoms with van der Waals surface area (Å²) >= 11 is 0. The first kappa shape index (κ1) is 21.0. The minimum Gasteiger partial charge on any atom is -0.383 e. The van der Waals surface area contributed by atoms with Crippen molar-refractivity contribution in [2.45, 2.75) is 38.8 Å². The van der Waals surface area contributed by atoms with Crippen LogP contribution in [0.25, 0.3) is 11.0 Å². The van der Waals surface area contributed by atoms with Crippen molar-refractivity contribution in [3.63, 3.8) is 0 Å². The van der Waals surface area contributed by atoms with E-state index in [1.807, 2.05) is 0 Å². The molecule has 3 aromatic rings. The Hall–Kier alpha value is -3.30. The first-order chi connectivity index (χ1) is 14.6. The maximum Gasteiger partial charge on any atom is 0.417 e. The number of carbonyl (C=O) groups excluding carboxylic acids is 1. The molecule has 31 heavy (non-hydrogen) atoms. The van der Waals surface area contributed by atoms with Gasteiger partial charge < -0.3 is 10.6 Å². The van der Waals surface area contributed by atoms with Crippen LogP contribution in [0, 0.1) is 13.8 Å². The maximum atomic E-state index is 13.8. The predicted molar refractivity (Wildman–Crippen MR) is 108 cm³/mol. The second-order valence-corrected chi connectivity index (χ2v) is 7.70. The van der Waals surface area contributed by atoms with Crippen LogP contribution in [0.4, 0.5) is 19.0 Å². The van der Waals surface area contributed by atoms with Gasteiger partial charge in [0, 0.05) is 30.4 Å². The molecule has 2 N–H and O–H groups in total. The summed E-state index contributed by atoms with van der Waals surface area (Å²) in [4.78, 5) is 31.1. The summed E-state index contributed by atoms with van der Waals surface area (Å²) in [5, 5.41) is -0.297. The summed E-state index contributed by atoms with van der Waals surface area (Å²) in [6, 6.07) is 6.20. The van der Waals surface area contributed by atoms with E-state index in [0.29, 0.717) is 25.1 Å². The van der Waals surface area contributed by atoms with Gasteiger partial charge in [-0.3, -0.25) is 4.79 Å². The van der Waals surface area contributed by atoms with Gasteiger partial charge in [0.05, 0.1) is 10.9 Å². The van der Waals surface area contributed by atoms with Crippen LogP contribution in [0.1, 0.15) is 52.0 Å². The zero-order chi connectivity index (χ0) is 22.3. The van der Waals surface area contributed by atoms with E-state index in [9.17, 15) is 18.0 Å². The zero-order valence-electron chi connectivity index (χ0n) is 17.1. The number of piperidine rings is 1. The summed E-state index contributed by atoms with van der Waals surface area (Å²) in [6.45, 7) is 4.11. The molecule has 7 nitrogen and oxygen atoms in total. The average Bonchev–Trinajstić information content (AvgIpc) is 2.71. The third-order valence-electron chi connectivity index (χ3n) is 5.37. The molecule has 1 aliphatic heterocycles. The first-order valence-corrected chi connectivity index (χ1v) is 9.88. The Labute approximate surface area is 176 Å². The quantitative estimate of drug-likeness (QED) is 0.666. The lowest BCUT2D eigenvalue weighted by Gasteiger charge is -2.32. The lowest BCUT2D eigenvalue weighted by Crippen LogP contribution is -2.39. The number of fused-ring (bicyclic) bond motifs is 1. The molecule has 1 atom stereocenters. The van der Waals surface area contributed by atoms with Crippen molar-refractivity contribution in [3.8, 4) is 0 Å². The highest BCUT2D eigenvalue weighted by atomic mass is 19.4. The van der Waals surface area contributed by atoms with E-state index in [-0.39, 0.29) is 46.7 Å². The number of aromatic nitrogens is 4. The topological polar surface area (TPSA) is 97.9 Å². The van der Waals surface area contributed by atoms with Gasteiger partial charge in [-0.05, 0) is 44.9 Å². The van der Waals surface area contributed by atoms with Gasteiger partial charge in [-0.1, -0.05) is 6.07 Å². The fraction of sp³-hybridized carbons (Fsp3) is 0.381. The van der Waals surface area contributed by atoms with Gasteiger partial charge in [-0.2, -0.15) is 13.2 Å². The van der Waals surface area contributed by atoms with Crippen molar-refractivity contribution in [1.82, 2.24) is 24.8 Å². The molecule has 0 spiro atoms. The number of nitrogens with zero attached hydrogens (tertiary/aromatic N) is 5. The minimum atomic E-state index is -4.64. The number of nitrogens with two attached hydrogens (primary N) is 1. The van der Waals surface area contributed by atoms with Crippen LogP contribution in [0.2, 0.25) is 0 Å². The van der Waals surface area contributed by atoms with Crippen LogP contribution >= 0.6 is 0 Å². The van der Waals surface area contributed by atoms with E-state index in [2.05, 4.69) is 19.9 Å². The summed E-state index contributed by atoms with van der Waals surface area (Å²) in [6.07, 6.45) is -3.38. The fourth-order valence-electron chi connectivity index (χ4n) is 3.95. The molecule has 0 bridgehead atoms. The molecule has 3 aromatic heterocycles. The van der Waals surface area contributed by atoms with Crippen molar-refractivity contribution >= 4 is 22.8 Å². The average molecular weight is 430 g/mol. The van der Waals surface area contributed by atoms with Crippen LogP contribution in [-0.2, 0) is 6.18 Å². The van der Waals surface area contributed by atoms with Crippen LogP contribution in [-0.4, -0.2) is 43.8 Å². The van der Waals surface area contributed by atoms with Crippen molar-refractivity contribution < 1.29 is 18.0 Å². The van der Waals surface area contributed by atoms with E-state index in [0.717, 1.165) is 11.8 Å². The summed E-state index contributed by atoms with van der Waals surface area (Å²) in [5.74, 6) is -0.606. The predicted octanol–water partition coefficient (Wildman–Crippen LogP) is 3.66. The lowest BCUT2D eigenvalue weighted by molar-refractivity contribution is -0.136. The van der Waals surface area contributed by atoms with Crippen LogP contribution in [0.3, 0.4) is 0 Å². The van der Waals surface area contributed by atoms with E-state index in [4.69, 9.17) is 5.73 Å². The van der Waals surface area contributed by atoms with Crippen molar-refractivity contribution in [1.29, 1.82) is 0 Å². The number of halogens is 3. The number of hydrogen-bond acceptors (Lipinski definition) is 6. The Morgan fingerprint density at radius 1 is 1.16 bits per heavy atom. The number of alkyl halides is 3.